The van der Waals surface area contributed by atoms with Crippen molar-refractivity contribution in [1.29, 1.82) is 0 Å². The topological polar surface area (TPSA) is 21.3 Å². The Morgan fingerprint density at radius 3 is 2.95 bits per heavy atom. The van der Waals surface area contributed by atoms with Gasteiger partial charge in [-0.1, -0.05) is 24.3 Å². The van der Waals surface area contributed by atoms with Crippen molar-refractivity contribution in [3.05, 3.63) is 54.1 Å². The van der Waals surface area contributed by atoms with Crippen molar-refractivity contribution in [2.24, 2.45) is 0 Å². The number of para-hydroxylation sites is 1. The molecule has 0 spiro atoms. The molecule has 3 heteroatoms. The van der Waals surface area contributed by atoms with Crippen LogP contribution in [0.3, 0.4) is 0 Å². The average Bonchev–Trinajstić information content (AvgIpc) is 2.88. The SMILES string of the molecule is CSc1cccc(NCC2Cc3ccccc3O2)c1. The molecule has 1 atom stereocenters. The molecule has 19 heavy (non-hydrogen) atoms. The molecule has 2 nitrogen and oxygen atoms in total. The van der Waals surface area contributed by atoms with Gasteiger partial charge in [-0.15, -0.1) is 11.8 Å². The Labute approximate surface area is 118 Å². The van der Waals surface area contributed by atoms with Crippen LogP contribution < -0.4 is 10.1 Å². The molecule has 1 unspecified atom stereocenters. The Morgan fingerprint density at radius 1 is 1.21 bits per heavy atom. The molecule has 2 aromatic rings. The number of hydrogen-bond donors (Lipinski definition) is 1. The Bertz CT molecular complexity index is 545. The number of ether oxygens (including phenoxy) is 1. The molecule has 0 radical (unpaired) electrons. The summed E-state index contributed by atoms with van der Waals surface area (Å²) < 4.78 is 5.92. The summed E-state index contributed by atoms with van der Waals surface area (Å²) in [6, 6.07) is 16.8. The zero-order chi connectivity index (χ0) is 13.1. The Morgan fingerprint density at radius 2 is 2.11 bits per heavy atom. The molecule has 0 aromatic heterocycles. The van der Waals surface area contributed by atoms with E-state index in [0.717, 1.165) is 24.4 Å². The van der Waals surface area contributed by atoms with Gasteiger partial charge >= 0.3 is 0 Å². The Hall–Kier alpha value is -1.61. The van der Waals surface area contributed by atoms with Crippen LogP contribution in [-0.4, -0.2) is 18.9 Å². The van der Waals surface area contributed by atoms with Crippen LogP contribution in [0.1, 0.15) is 5.56 Å². The number of nitrogens with one attached hydrogen (secondary N) is 1. The number of benzene rings is 2. The van der Waals surface area contributed by atoms with Crippen LogP contribution in [0.25, 0.3) is 0 Å². The zero-order valence-corrected chi connectivity index (χ0v) is 11.7. The highest BCUT2D eigenvalue weighted by Gasteiger charge is 2.21. The molecule has 0 amide bonds. The van der Waals surface area contributed by atoms with Crippen LogP contribution in [0.4, 0.5) is 5.69 Å². The molecule has 3 rings (SSSR count). The summed E-state index contributed by atoms with van der Waals surface area (Å²) in [5, 5.41) is 3.46. The molecule has 1 aliphatic heterocycles. The first-order chi connectivity index (χ1) is 9.35. The lowest BCUT2D eigenvalue weighted by molar-refractivity contribution is 0.246. The third-order valence-electron chi connectivity index (χ3n) is 3.32. The van der Waals surface area contributed by atoms with Crippen LogP contribution in [-0.2, 0) is 6.42 Å². The summed E-state index contributed by atoms with van der Waals surface area (Å²) >= 11 is 1.76. The highest BCUT2D eigenvalue weighted by molar-refractivity contribution is 7.98. The van der Waals surface area contributed by atoms with Crippen molar-refractivity contribution in [2.75, 3.05) is 18.1 Å². The van der Waals surface area contributed by atoms with Crippen molar-refractivity contribution in [1.82, 2.24) is 0 Å². The molecule has 2 aromatic carbocycles. The monoisotopic (exact) mass is 271 g/mol. The van der Waals surface area contributed by atoms with E-state index in [1.165, 1.54) is 10.5 Å². The van der Waals surface area contributed by atoms with Gasteiger partial charge in [0.05, 0.1) is 6.54 Å². The third kappa shape index (κ3) is 2.87. The lowest BCUT2D eigenvalue weighted by Gasteiger charge is -2.13. The fourth-order valence-corrected chi connectivity index (χ4v) is 2.79. The van der Waals surface area contributed by atoms with E-state index in [2.05, 4.69) is 48.0 Å². The molecule has 0 fully saturated rings. The fourth-order valence-electron chi connectivity index (χ4n) is 2.33. The van der Waals surface area contributed by atoms with Gasteiger partial charge in [-0.05, 0) is 36.1 Å². The molecule has 98 valence electrons. The normalized spacial score (nSPS) is 16.8. The maximum atomic E-state index is 5.92. The van der Waals surface area contributed by atoms with Gasteiger partial charge < -0.3 is 10.1 Å². The van der Waals surface area contributed by atoms with E-state index in [0.29, 0.717) is 0 Å². The first kappa shape index (κ1) is 12.4. The van der Waals surface area contributed by atoms with E-state index in [9.17, 15) is 0 Å². The lowest BCUT2D eigenvalue weighted by atomic mass is 10.1. The summed E-state index contributed by atoms with van der Waals surface area (Å²) in [6.07, 6.45) is 3.32. The van der Waals surface area contributed by atoms with E-state index < -0.39 is 0 Å². The minimum atomic E-state index is 0.232. The number of rotatable bonds is 4. The molecule has 1 N–H and O–H groups in total. The minimum Gasteiger partial charge on any atom is -0.488 e. The summed E-state index contributed by atoms with van der Waals surface area (Å²) in [7, 11) is 0. The van der Waals surface area contributed by atoms with E-state index in [4.69, 9.17) is 4.74 Å². The van der Waals surface area contributed by atoms with Gasteiger partial charge in [0.15, 0.2) is 0 Å². The average molecular weight is 271 g/mol. The molecule has 0 saturated heterocycles. The lowest BCUT2D eigenvalue weighted by Crippen LogP contribution is -2.23. The summed E-state index contributed by atoms with van der Waals surface area (Å²) in [4.78, 5) is 1.28. The maximum Gasteiger partial charge on any atom is 0.123 e. The van der Waals surface area contributed by atoms with Gasteiger partial charge in [0.25, 0.3) is 0 Å². The largest absolute Gasteiger partial charge is 0.488 e. The maximum absolute atomic E-state index is 5.92. The van der Waals surface area contributed by atoms with E-state index >= 15 is 0 Å². The standard InChI is InChI=1S/C16H17NOS/c1-19-15-7-4-6-13(10-15)17-11-14-9-12-5-2-3-8-16(12)18-14/h2-8,10,14,17H,9,11H2,1H3. The molecular formula is C16H17NOS. The molecule has 1 aliphatic rings. The van der Waals surface area contributed by atoms with Crippen LogP contribution in [0, 0.1) is 0 Å². The van der Waals surface area contributed by atoms with Crippen molar-refractivity contribution in [3.8, 4) is 5.75 Å². The van der Waals surface area contributed by atoms with E-state index in [1.807, 2.05) is 12.1 Å². The predicted molar refractivity (Wildman–Crippen MR) is 81.3 cm³/mol. The van der Waals surface area contributed by atoms with Crippen molar-refractivity contribution < 1.29 is 4.74 Å². The Kier molecular flexibility index (Phi) is 3.65. The van der Waals surface area contributed by atoms with Gasteiger partial charge in [-0.2, -0.15) is 0 Å². The number of thioether (sulfide) groups is 1. The summed E-state index contributed by atoms with van der Waals surface area (Å²) in [5.74, 6) is 1.03. The highest BCUT2D eigenvalue weighted by Crippen LogP contribution is 2.28. The van der Waals surface area contributed by atoms with Gasteiger partial charge in [0.2, 0.25) is 0 Å². The molecule has 0 aliphatic carbocycles. The third-order valence-corrected chi connectivity index (χ3v) is 4.04. The summed E-state index contributed by atoms with van der Waals surface area (Å²) in [5.41, 5.74) is 2.47. The van der Waals surface area contributed by atoms with E-state index in [1.54, 1.807) is 11.8 Å². The minimum absolute atomic E-state index is 0.232. The fraction of sp³-hybridized carbons (Fsp3) is 0.250. The van der Waals surface area contributed by atoms with Crippen LogP contribution in [0.5, 0.6) is 5.75 Å². The first-order valence-electron chi connectivity index (χ1n) is 6.47. The van der Waals surface area contributed by atoms with Gasteiger partial charge in [-0.3, -0.25) is 0 Å². The first-order valence-corrected chi connectivity index (χ1v) is 7.70. The second-order valence-corrected chi connectivity index (χ2v) is 5.54. The van der Waals surface area contributed by atoms with Crippen LogP contribution in [0.2, 0.25) is 0 Å². The smallest absolute Gasteiger partial charge is 0.123 e. The number of fused-ring (bicyclic) bond motifs is 1. The number of anilines is 1. The second-order valence-electron chi connectivity index (χ2n) is 4.66. The molecule has 0 saturated carbocycles. The molecule has 0 bridgehead atoms. The molecule has 1 heterocycles. The van der Waals surface area contributed by atoms with Crippen molar-refractivity contribution in [3.63, 3.8) is 0 Å². The Balaban J connectivity index is 1.59. The highest BCUT2D eigenvalue weighted by atomic mass is 32.2. The zero-order valence-electron chi connectivity index (χ0n) is 10.9. The quantitative estimate of drug-likeness (QED) is 0.854. The number of hydrogen-bond acceptors (Lipinski definition) is 3. The van der Waals surface area contributed by atoms with Gasteiger partial charge in [0.1, 0.15) is 11.9 Å². The van der Waals surface area contributed by atoms with Crippen LogP contribution in [0.15, 0.2) is 53.4 Å². The molecular weight excluding hydrogens is 254 g/mol. The van der Waals surface area contributed by atoms with Gasteiger partial charge in [0, 0.05) is 17.0 Å². The van der Waals surface area contributed by atoms with Gasteiger partial charge in [-0.25, -0.2) is 0 Å². The predicted octanol–water partition coefficient (Wildman–Crippen LogP) is 3.82. The van der Waals surface area contributed by atoms with Crippen LogP contribution >= 0.6 is 11.8 Å². The second kappa shape index (κ2) is 5.57. The summed E-state index contributed by atoms with van der Waals surface area (Å²) in [6.45, 7) is 0.840. The van der Waals surface area contributed by atoms with E-state index in [-0.39, 0.29) is 6.10 Å². The van der Waals surface area contributed by atoms with Crippen molar-refractivity contribution >= 4 is 17.4 Å². The van der Waals surface area contributed by atoms with Crippen molar-refractivity contribution in [2.45, 2.75) is 17.4 Å².